The Morgan fingerprint density at radius 3 is 3.11 bits per heavy atom. The fraction of sp³-hybridized carbons (Fsp3) is 0.538. The molecule has 5 heteroatoms. The fourth-order valence-electron chi connectivity index (χ4n) is 2.61. The number of carbonyl (C=O) groups excluding carboxylic acids is 1. The molecule has 96 valence electrons. The van der Waals surface area contributed by atoms with E-state index in [9.17, 15) is 4.79 Å². The van der Waals surface area contributed by atoms with Gasteiger partial charge in [-0.1, -0.05) is 0 Å². The second kappa shape index (κ2) is 4.77. The van der Waals surface area contributed by atoms with Crippen molar-refractivity contribution in [3.63, 3.8) is 0 Å². The highest BCUT2D eigenvalue weighted by Crippen LogP contribution is 2.48. The zero-order chi connectivity index (χ0) is 12.7. The lowest BCUT2D eigenvalue weighted by Gasteiger charge is -2.07. The van der Waals surface area contributed by atoms with Crippen LogP contribution in [0.4, 0.5) is 5.82 Å². The van der Waals surface area contributed by atoms with E-state index >= 15 is 0 Å². The number of hydrogen-bond acceptors (Lipinski definition) is 3. The van der Waals surface area contributed by atoms with Gasteiger partial charge >= 0.3 is 0 Å². The molecule has 1 aliphatic carbocycles. The molecule has 18 heavy (non-hydrogen) atoms. The summed E-state index contributed by atoms with van der Waals surface area (Å²) in [6, 6.07) is 1.91. The molecule has 1 N–H and O–H groups in total. The van der Waals surface area contributed by atoms with Gasteiger partial charge in [0.1, 0.15) is 5.82 Å². The van der Waals surface area contributed by atoms with Gasteiger partial charge in [0, 0.05) is 22.3 Å². The van der Waals surface area contributed by atoms with Gasteiger partial charge in [-0.25, -0.2) is 4.98 Å². The third-order valence-electron chi connectivity index (χ3n) is 3.69. The fourth-order valence-corrected chi connectivity index (χ4v) is 2.91. The average molecular weight is 358 g/mol. The monoisotopic (exact) mass is 358 g/mol. The zero-order valence-electron chi connectivity index (χ0n) is 10.1. The smallest absolute Gasteiger partial charge is 0.231 e. The summed E-state index contributed by atoms with van der Waals surface area (Å²) in [5.41, 5.74) is 1.13. The van der Waals surface area contributed by atoms with Crippen molar-refractivity contribution in [3.8, 4) is 0 Å². The number of hydrogen-bond donors (Lipinski definition) is 1. The lowest BCUT2D eigenvalue weighted by Crippen LogP contribution is -2.17. The molecule has 0 spiro atoms. The number of amides is 1. The number of nitrogens with one attached hydrogen (secondary N) is 1. The molecule has 3 rings (SSSR count). The molecule has 0 aromatic carbocycles. The summed E-state index contributed by atoms with van der Waals surface area (Å²) >= 11 is 2.23. The summed E-state index contributed by atoms with van der Waals surface area (Å²) < 4.78 is 6.69. The first-order valence-corrected chi connectivity index (χ1v) is 7.29. The molecule has 3 unspecified atom stereocenters. The minimum atomic E-state index is 0.0360. The maximum atomic E-state index is 12.1. The Morgan fingerprint density at radius 1 is 1.61 bits per heavy atom. The Balaban J connectivity index is 1.66. The molecule has 0 bridgehead atoms. The summed E-state index contributed by atoms with van der Waals surface area (Å²) in [4.78, 5) is 16.3. The first kappa shape index (κ1) is 12.3. The van der Waals surface area contributed by atoms with E-state index in [1.165, 1.54) is 0 Å². The van der Waals surface area contributed by atoms with Crippen LogP contribution < -0.4 is 5.32 Å². The van der Waals surface area contributed by atoms with Crippen LogP contribution in [0.5, 0.6) is 0 Å². The predicted octanol–water partition coefficient (Wildman–Crippen LogP) is 2.36. The molecule has 1 aromatic rings. The lowest BCUT2D eigenvalue weighted by atomic mass is 10.2. The van der Waals surface area contributed by atoms with Gasteiger partial charge in [0.25, 0.3) is 0 Å². The Kier molecular flexibility index (Phi) is 3.27. The normalized spacial score (nSPS) is 29.6. The molecular formula is C13H15IN2O2. The lowest BCUT2D eigenvalue weighted by molar-refractivity contribution is -0.118. The number of aromatic nitrogens is 1. The molecule has 2 heterocycles. The van der Waals surface area contributed by atoms with Crippen LogP contribution in [0.3, 0.4) is 0 Å². The Hall–Kier alpha value is -0.690. The Morgan fingerprint density at radius 2 is 2.44 bits per heavy atom. The zero-order valence-corrected chi connectivity index (χ0v) is 12.3. The van der Waals surface area contributed by atoms with E-state index in [1.807, 2.05) is 13.0 Å². The highest BCUT2D eigenvalue weighted by atomic mass is 127. The Bertz CT molecular complexity index is 480. The molecule has 1 amide bonds. The molecule has 2 fully saturated rings. The largest absolute Gasteiger partial charge is 0.377 e. The summed E-state index contributed by atoms with van der Waals surface area (Å²) in [6.07, 6.45) is 4.12. The molecule has 0 radical (unpaired) electrons. The number of nitrogens with zero attached hydrogens (tertiary/aromatic N) is 1. The minimum absolute atomic E-state index is 0.0360. The maximum absolute atomic E-state index is 12.1. The number of rotatable bonds is 2. The van der Waals surface area contributed by atoms with Crippen LogP contribution in [0.15, 0.2) is 12.3 Å². The standard InChI is InChI=1S/C13H15IN2O2/c1-7-5-10(15-6-9(7)14)16-13(17)11-8-3-2-4-18-12(8)11/h5-6,8,11-12H,2-4H2,1H3,(H,15,16,17). The number of halogens is 1. The van der Waals surface area contributed by atoms with E-state index in [4.69, 9.17) is 4.74 Å². The quantitative estimate of drug-likeness (QED) is 0.826. The van der Waals surface area contributed by atoms with Crippen LogP contribution in [0.25, 0.3) is 0 Å². The van der Waals surface area contributed by atoms with Crippen LogP contribution in [0, 0.1) is 22.3 Å². The molecule has 1 aliphatic heterocycles. The number of anilines is 1. The Labute approximate surface area is 120 Å². The number of ether oxygens (including phenoxy) is 1. The van der Waals surface area contributed by atoms with Crippen LogP contribution >= 0.6 is 22.6 Å². The second-order valence-corrected chi connectivity index (χ2v) is 6.14. The van der Waals surface area contributed by atoms with E-state index in [0.717, 1.165) is 28.6 Å². The van der Waals surface area contributed by atoms with Gasteiger partial charge in [-0.2, -0.15) is 0 Å². The van der Waals surface area contributed by atoms with Gasteiger partial charge in [-0.15, -0.1) is 0 Å². The summed E-state index contributed by atoms with van der Waals surface area (Å²) in [5.74, 6) is 1.17. The molecular weight excluding hydrogens is 343 g/mol. The topological polar surface area (TPSA) is 51.2 Å². The van der Waals surface area contributed by atoms with Gasteiger partial charge in [-0.05, 0) is 54.0 Å². The number of carbonyl (C=O) groups is 1. The third kappa shape index (κ3) is 2.25. The number of pyridine rings is 1. The van der Waals surface area contributed by atoms with E-state index in [1.54, 1.807) is 6.20 Å². The van der Waals surface area contributed by atoms with Crippen molar-refractivity contribution >= 4 is 34.3 Å². The van der Waals surface area contributed by atoms with Crippen molar-refractivity contribution in [2.24, 2.45) is 11.8 Å². The number of fused-ring (bicyclic) bond motifs is 1. The molecule has 3 atom stereocenters. The minimum Gasteiger partial charge on any atom is -0.377 e. The molecule has 1 aromatic heterocycles. The van der Waals surface area contributed by atoms with Crippen molar-refractivity contribution < 1.29 is 9.53 Å². The molecule has 2 aliphatic rings. The second-order valence-electron chi connectivity index (χ2n) is 4.98. The summed E-state index contributed by atoms with van der Waals surface area (Å²) in [5, 5.41) is 2.89. The van der Waals surface area contributed by atoms with Crippen molar-refractivity contribution in [1.82, 2.24) is 4.98 Å². The van der Waals surface area contributed by atoms with Crippen LogP contribution in [-0.4, -0.2) is 23.6 Å². The molecule has 1 saturated heterocycles. The highest BCUT2D eigenvalue weighted by Gasteiger charge is 2.56. The summed E-state index contributed by atoms with van der Waals surface area (Å²) in [6.45, 7) is 2.81. The van der Waals surface area contributed by atoms with E-state index in [0.29, 0.717) is 11.7 Å². The predicted molar refractivity (Wildman–Crippen MR) is 76.3 cm³/mol. The van der Waals surface area contributed by atoms with Crippen LogP contribution in [-0.2, 0) is 9.53 Å². The van der Waals surface area contributed by atoms with Gasteiger partial charge < -0.3 is 10.1 Å². The van der Waals surface area contributed by atoms with Crippen molar-refractivity contribution in [1.29, 1.82) is 0 Å². The van der Waals surface area contributed by atoms with Crippen molar-refractivity contribution in [2.45, 2.75) is 25.9 Å². The van der Waals surface area contributed by atoms with Crippen LogP contribution in [0.2, 0.25) is 0 Å². The van der Waals surface area contributed by atoms with Gasteiger partial charge in [-0.3, -0.25) is 4.79 Å². The van der Waals surface area contributed by atoms with Gasteiger partial charge in [0.15, 0.2) is 0 Å². The van der Waals surface area contributed by atoms with Crippen LogP contribution in [0.1, 0.15) is 18.4 Å². The maximum Gasteiger partial charge on any atom is 0.231 e. The van der Waals surface area contributed by atoms with Gasteiger partial charge in [0.2, 0.25) is 5.91 Å². The van der Waals surface area contributed by atoms with Crippen molar-refractivity contribution in [3.05, 3.63) is 21.4 Å². The van der Waals surface area contributed by atoms with E-state index in [-0.39, 0.29) is 17.9 Å². The average Bonchev–Trinajstić information content (AvgIpc) is 3.08. The van der Waals surface area contributed by atoms with E-state index < -0.39 is 0 Å². The molecule has 1 saturated carbocycles. The van der Waals surface area contributed by atoms with E-state index in [2.05, 4.69) is 32.9 Å². The third-order valence-corrected chi connectivity index (χ3v) is 4.82. The number of aryl methyl sites for hydroxylation is 1. The SMILES string of the molecule is Cc1cc(NC(=O)C2C3CCCOC32)ncc1I. The molecule has 4 nitrogen and oxygen atoms in total. The van der Waals surface area contributed by atoms with Gasteiger partial charge in [0.05, 0.1) is 12.0 Å². The summed E-state index contributed by atoms with van der Waals surface area (Å²) in [7, 11) is 0. The van der Waals surface area contributed by atoms with Crippen molar-refractivity contribution in [2.75, 3.05) is 11.9 Å². The first-order valence-electron chi connectivity index (χ1n) is 6.21. The highest BCUT2D eigenvalue weighted by molar-refractivity contribution is 14.1. The first-order chi connectivity index (χ1) is 8.66.